The van der Waals surface area contributed by atoms with E-state index in [1.807, 2.05) is 36.4 Å². The molecule has 27 heavy (non-hydrogen) atoms. The van der Waals surface area contributed by atoms with Crippen molar-refractivity contribution in [2.24, 2.45) is 0 Å². The fourth-order valence-electron chi connectivity index (χ4n) is 4.00. The van der Waals surface area contributed by atoms with Gasteiger partial charge in [-0.3, -0.25) is 9.69 Å². The molecule has 0 radical (unpaired) electrons. The van der Waals surface area contributed by atoms with Crippen molar-refractivity contribution >= 4 is 23.0 Å². The number of anilines is 1. The maximum atomic E-state index is 11.7. The number of aromatic nitrogens is 1. The Morgan fingerprint density at radius 3 is 2.70 bits per heavy atom. The van der Waals surface area contributed by atoms with Crippen LogP contribution in [0.15, 0.2) is 42.5 Å². The van der Waals surface area contributed by atoms with Gasteiger partial charge in [0.05, 0.1) is 5.56 Å². The van der Waals surface area contributed by atoms with Crippen LogP contribution in [0.25, 0.3) is 10.9 Å². The number of aldehydes is 1. The van der Waals surface area contributed by atoms with Crippen molar-refractivity contribution in [1.82, 2.24) is 9.88 Å². The number of ether oxygens (including phenoxy) is 2. The van der Waals surface area contributed by atoms with Crippen LogP contribution in [0.5, 0.6) is 11.5 Å². The third-order valence-corrected chi connectivity index (χ3v) is 5.40. The molecule has 0 saturated carbocycles. The van der Waals surface area contributed by atoms with E-state index in [1.165, 1.54) is 0 Å². The monoisotopic (exact) mass is 363 g/mol. The van der Waals surface area contributed by atoms with Gasteiger partial charge >= 0.3 is 0 Å². The van der Waals surface area contributed by atoms with Crippen LogP contribution in [-0.2, 0) is 6.54 Å². The molecule has 2 aliphatic heterocycles. The summed E-state index contributed by atoms with van der Waals surface area (Å²) in [7, 11) is 0. The topological polar surface area (TPSA) is 57.8 Å². The number of carbonyl (C=O) groups excluding carboxylic acids is 1. The van der Waals surface area contributed by atoms with Crippen LogP contribution >= 0.6 is 0 Å². The Labute approximate surface area is 157 Å². The Hall–Kier alpha value is -2.99. The Bertz CT molecular complexity index is 990. The summed E-state index contributed by atoms with van der Waals surface area (Å²) in [6, 6.07) is 14.0. The number of fused-ring (bicyclic) bond motifs is 2. The summed E-state index contributed by atoms with van der Waals surface area (Å²) in [4.78, 5) is 19.8. The fourth-order valence-corrected chi connectivity index (χ4v) is 4.00. The Kier molecular flexibility index (Phi) is 3.98. The maximum Gasteiger partial charge on any atom is 0.231 e. The number of rotatable bonds is 4. The van der Waals surface area contributed by atoms with Crippen molar-refractivity contribution in [2.75, 3.05) is 37.9 Å². The first-order valence-electron chi connectivity index (χ1n) is 9.24. The third kappa shape index (κ3) is 2.82. The van der Waals surface area contributed by atoms with Gasteiger partial charge in [-0.1, -0.05) is 30.3 Å². The summed E-state index contributed by atoms with van der Waals surface area (Å²) in [5, 5.41) is 0.988. The minimum absolute atomic E-state index is 0.301. The number of nitrogens with one attached hydrogen (secondary N) is 1. The van der Waals surface area contributed by atoms with E-state index in [4.69, 9.17) is 9.47 Å². The number of benzene rings is 2. The van der Waals surface area contributed by atoms with Crippen LogP contribution < -0.4 is 14.4 Å². The first kappa shape index (κ1) is 16.2. The second-order valence-corrected chi connectivity index (χ2v) is 6.96. The molecule has 1 fully saturated rings. The first-order valence-corrected chi connectivity index (χ1v) is 9.24. The molecule has 2 aliphatic rings. The zero-order valence-corrected chi connectivity index (χ0v) is 15.0. The molecular weight excluding hydrogens is 342 g/mol. The molecule has 6 nitrogen and oxygen atoms in total. The number of hydrogen-bond acceptors (Lipinski definition) is 5. The number of H-pyrrole nitrogens is 1. The molecule has 138 valence electrons. The molecule has 3 heterocycles. The molecule has 1 N–H and O–H groups in total. The number of carbonyl (C=O) groups is 1. The van der Waals surface area contributed by atoms with Gasteiger partial charge in [-0.15, -0.1) is 0 Å². The smallest absolute Gasteiger partial charge is 0.231 e. The number of piperazine rings is 1. The van der Waals surface area contributed by atoms with Crippen LogP contribution in [-0.4, -0.2) is 49.1 Å². The molecule has 0 unspecified atom stereocenters. The van der Waals surface area contributed by atoms with Crippen molar-refractivity contribution in [3.05, 3.63) is 53.6 Å². The molecule has 0 bridgehead atoms. The zero-order chi connectivity index (χ0) is 18.2. The van der Waals surface area contributed by atoms with E-state index in [9.17, 15) is 4.79 Å². The molecule has 1 aromatic heterocycles. The van der Waals surface area contributed by atoms with E-state index in [2.05, 4.69) is 20.9 Å². The summed E-state index contributed by atoms with van der Waals surface area (Å²) in [6.07, 6.45) is 0.963. The predicted molar refractivity (Wildman–Crippen MR) is 104 cm³/mol. The molecule has 6 heteroatoms. The van der Waals surface area contributed by atoms with Crippen molar-refractivity contribution in [3.63, 3.8) is 0 Å². The number of hydrogen-bond donors (Lipinski definition) is 1. The van der Waals surface area contributed by atoms with E-state index in [0.717, 1.165) is 78.4 Å². The van der Waals surface area contributed by atoms with Gasteiger partial charge in [-0.2, -0.15) is 0 Å². The van der Waals surface area contributed by atoms with Crippen molar-refractivity contribution < 1.29 is 14.3 Å². The number of nitrogens with zero attached hydrogens (tertiary/aromatic N) is 2. The van der Waals surface area contributed by atoms with Crippen molar-refractivity contribution in [1.29, 1.82) is 0 Å². The van der Waals surface area contributed by atoms with E-state index in [0.29, 0.717) is 6.79 Å². The van der Waals surface area contributed by atoms with E-state index in [-0.39, 0.29) is 0 Å². The lowest BCUT2D eigenvalue weighted by Crippen LogP contribution is -2.46. The highest BCUT2D eigenvalue weighted by Crippen LogP contribution is 2.36. The second-order valence-electron chi connectivity index (χ2n) is 6.96. The molecule has 0 aliphatic carbocycles. The molecule has 0 amide bonds. The average molecular weight is 363 g/mol. The minimum Gasteiger partial charge on any atom is -0.454 e. The fraction of sp³-hybridized carbons (Fsp3) is 0.286. The van der Waals surface area contributed by atoms with Gasteiger partial charge in [0.15, 0.2) is 17.8 Å². The van der Waals surface area contributed by atoms with Gasteiger partial charge in [-0.25, -0.2) is 0 Å². The van der Waals surface area contributed by atoms with Gasteiger partial charge in [0.2, 0.25) is 6.79 Å². The summed E-state index contributed by atoms with van der Waals surface area (Å²) in [5.74, 6) is 2.64. The highest BCUT2D eigenvalue weighted by atomic mass is 16.7. The average Bonchev–Trinajstić information content (AvgIpc) is 3.33. The molecule has 2 aromatic carbocycles. The Morgan fingerprint density at radius 1 is 1.00 bits per heavy atom. The lowest BCUT2D eigenvalue weighted by molar-refractivity contribution is 0.112. The van der Waals surface area contributed by atoms with Gasteiger partial charge in [0, 0.05) is 49.2 Å². The molecule has 5 rings (SSSR count). The van der Waals surface area contributed by atoms with Crippen LogP contribution in [0.4, 0.5) is 5.82 Å². The zero-order valence-electron chi connectivity index (χ0n) is 15.0. The molecular formula is C21H21N3O3. The minimum atomic E-state index is 0.301. The molecule has 0 atom stereocenters. The van der Waals surface area contributed by atoms with Crippen molar-refractivity contribution in [2.45, 2.75) is 6.54 Å². The lowest BCUT2D eigenvalue weighted by atomic mass is 10.1. The Morgan fingerprint density at radius 2 is 1.85 bits per heavy atom. The number of para-hydroxylation sites is 2. The Balaban J connectivity index is 1.31. The normalized spacial score (nSPS) is 16.8. The van der Waals surface area contributed by atoms with Crippen LogP contribution in [0.3, 0.4) is 0 Å². The van der Waals surface area contributed by atoms with Crippen LogP contribution in [0.1, 0.15) is 15.9 Å². The highest BCUT2D eigenvalue weighted by Gasteiger charge is 2.24. The van der Waals surface area contributed by atoms with Crippen molar-refractivity contribution in [3.8, 4) is 11.5 Å². The number of aromatic amines is 1. The second kappa shape index (κ2) is 6.63. The largest absolute Gasteiger partial charge is 0.454 e. The third-order valence-electron chi connectivity index (χ3n) is 5.40. The van der Waals surface area contributed by atoms with Gasteiger partial charge in [0.25, 0.3) is 0 Å². The van der Waals surface area contributed by atoms with E-state index >= 15 is 0 Å². The standard InChI is InChI=1S/C21H21N3O3/c25-13-17-16-5-1-2-6-18(16)22-21(17)24-10-8-23(9-11-24)12-15-4-3-7-19-20(15)27-14-26-19/h1-7,13,22H,8-12,14H2. The summed E-state index contributed by atoms with van der Waals surface area (Å²) < 4.78 is 11.1. The van der Waals surface area contributed by atoms with E-state index < -0.39 is 0 Å². The van der Waals surface area contributed by atoms with E-state index in [1.54, 1.807) is 0 Å². The quantitative estimate of drug-likeness (QED) is 0.722. The van der Waals surface area contributed by atoms with Gasteiger partial charge in [0.1, 0.15) is 5.82 Å². The molecule has 1 saturated heterocycles. The van der Waals surface area contributed by atoms with Gasteiger partial charge in [-0.05, 0) is 12.1 Å². The summed E-state index contributed by atoms with van der Waals surface area (Å²) >= 11 is 0. The highest BCUT2D eigenvalue weighted by molar-refractivity contribution is 6.03. The lowest BCUT2D eigenvalue weighted by Gasteiger charge is -2.35. The van der Waals surface area contributed by atoms with Crippen LogP contribution in [0, 0.1) is 0 Å². The summed E-state index contributed by atoms with van der Waals surface area (Å²) in [6.45, 7) is 4.75. The van der Waals surface area contributed by atoms with Gasteiger partial charge < -0.3 is 19.4 Å². The molecule has 0 spiro atoms. The predicted octanol–water partition coefficient (Wildman–Crippen LogP) is 3.03. The maximum absolute atomic E-state index is 11.7. The SMILES string of the molecule is O=Cc1c(N2CCN(Cc3cccc4c3OCO4)CC2)[nH]c2ccccc12. The summed E-state index contributed by atoms with van der Waals surface area (Å²) in [5.41, 5.74) is 2.93. The van der Waals surface area contributed by atoms with Crippen LogP contribution in [0.2, 0.25) is 0 Å². The first-order chi connectivity index (χ1) is 13.3. The molecule has 3 aromatic rings.